The van der Waals surface area contributed by atoms with E-state index >= 15 is 0 Å². The molecular formula is C19H17N5O3S. The van der Waals surface area contributed by atoms with Gasteiger partial charge in [0.25, 0.3) is 0 Å². The first-order valence-corrected chi connectivity index (χ1v) is 9.59. The van der Waals surface area contributed by atoms with E-state index in [-0.39, 0.29) is 23.4 Å². The number of hydrogen-bond donors (Lipinski definition) is 1. The van der Waals surface area contributed by atoms with Gasteiger partial charge in [0.2, 0.25) is 11.1 Å². The quantitative estimate of drug-likeness (QED) is 0.506. The van der Waals surface area contributed by atoms with E-state index in [9.17, 15) is 9.59 Å². The number of anilines is 1. The van der Waals surface area contributed by atoms with Gasteiger partial charge >= 0.3 is 0 Å². The third-order valence-corrected chi connectivity index (χ3v) is 5.50. The molecule has 28 heavy (non-hydrogen) atoms. The Kier molecular flexibility index (Phi) is 4.82. The Morgan fingerprint density at radius 3 is 2.79 bits per heavy atom. The molecule has 2 heterocycles. The van der Waals surface area contributed by atoms with Crippen molar-refractivity contribution >= 4 is 29.1 Å². The summed E-state index contributed by atoms with van der Waals surface area (Å²) in [6, 6.07) is 12.6. The summed E-state index contributed by atoms with van der Waals surface area (Å²) in [6.45, 7) is 1.83. The highest BCUT2D eigenvalue weighted by Crippen LogP contribution is 2.33. The molecule has 0 aliphatic carbocycles. The maximum absolute atomic E-state index is 12.6. The van der Waals surface area contributed by atoms with Crippen molar-refractivity contribution in [3.8, 4) is 11.4 Å². The van der Waals surface area contributed by atoms with Crippen molar-refractivity contribution in [2.75, 3.05) is 18.2 Å². The van der Waals surface area contributed by atoms with Gasteiger partial charge in [-0.15, -0.1) is 5.10 Å². The van der Waals surface area contributed by atoms with Gasteiger partial charge < -0.3 is 10.1 Å². The van der Waals surface area contributed by atoms with Crippen LogP contribution in [-0.4, -0.2) is 44.8 Å². The number of tetrazole rings is 1. The van der Waals surface area contributed by atoms with Crippen molar-refractivity contribution in [1.29, 1.82) is 0 Å². The number of nitrogens with zero attached hydrogens (tertiary/aromatic N) is 4. The summed E-state index contributed by atoms with van der Waals surface area (Å²) < 4.78 is 6.73. The molecule has 3 aromatic rings. The van der Waals surface area contributed by atoms with Crippen LogP contribution in [0.1, 0.15) is 28.8 Å². The van der Waals surface area contributed by atoms with E-state index in [1.165, 1.54) is 11.8 Å². The number of Topliss-reactive ketones (excluding diaryl/α,β-unsaturated/α-hetero) is 1. The lowest BCUT2D eigenvalue weighted by Gasteiger charge is -2.07. The number of amides is 1. The Morgan fingerprint density at radius 2 is 2.04 bits per heavy atom. The fourth-order valence-corrected chi connectivity index (χ4v) is 3.74. The number of benzene rings is 2. The Labute approximate surface area is 165 Å². The summed E-state index contributed by atoms with van der Waals surface area (Å²) in [5, 5.41) is 15.0. The Bertz CT molecular complexity index is 1050. The molecule has 142 valence electrons. The standard InChI is InChI=1S/C19H17N5O3S/c1-11-15-9-12(3-8-16(15)20-18(11)26)17(25)10-28-19-21-22-23-24(19)13-4-6-14(27-2)7-5-13/h3-9,11H,10H2,1-2H3,(H,20,26)/t11-/m0/s1. The minimum atomic E-state index is -0.252. The first-order chi connectivity index (χ1) is 13.6. The van der Waals surface area contributed by atoms with Gasteiger partial charge in [-0.2, -0.15) is 4.68 Å². The van der Waals surface area contributed by atoms with Gasteiger partial charge in [0.05, 0.1) is 24.5 Å². The lowest BCUT2D eigenvalue weighted by Crippen LogP contribution is -2.08. The number of carbonyl (C=O) groups is 2. The first-order valence-electron chi connectivity index (χ1n) is 8.60. The Hall–Kier alpha value is -3.20. The minimum absolute atomic E-state index is 0.0485. The lowest BCUT2D eigenvalue weighted by molar-refractivity contribution is -0.116. The van der Waals surface area contributed by atoms with Gasteiger partial charge in [-0.3, -0.25) is 9.59 Å². The molecule has 0 saturated carbocycles. The predicted octanol–water partition coefficient (Wildman–Crippen LogP) is 2.70. The third kappa shape index (κ3) is 3.36. The van der Waals surface area contributed by atoms with Crippen LogP contribution in [0.2, 0.25) is 0 Å². The molecule has 0 unspecified atom stereocenters. The molecule has 1 aromatic heterocycles. The summed E-state index contributed by atoms with van der Waals surface area (Å²) in [5.74, 6) is 0.569. The number of methoxy groups -OCH3 is 1. The maximum atomic E-state index is 12.6. The summed E-state index contributed by atoms with van der Waals surface area (Å²) in [5.41, 5.74) is 2.96. The van der Waals surface area contributed by atoms with Crippen LogP contribution in [0.3, 0.4) is 0 Å². The molecular weight excluding hydrogens is 378 g/mol. The topological polar surface area (TPSA) is 99.0 Å². The highest BCUT2D eigenvalue weighted by atomic mass is 32.2. The van der Waals surface area contributed by atoms with Gasteiger partial charge in [-0.25, -0.2) is 0 Å². The van der Waals surface area contributed by atoms with Crippen LogP contribution in [-0.2, 0) is 4.79 Å². The van der Waals surface area contributed by atoms with Crippen LogP contribution in [0.5, 0.6) is 5.75 Å². The summed E-state index contributed by atoms with van der Waals surface area (Å²) in [7, 11) is 1.60. The molecule has 1 amide bonds. The number of carbonyl (C=O) groups excluding carboxylic acids is 2. The van der Waals surface area contributed by atoms with Gasteiger partial charge in [-0.1, -0.05) is 11.8 Å². The molecule has 4 rings (SSSR count). The van der Waals surface area contributed by atoms with E-state index in [0.717, 1.165) is 22.7 Å². The van der Waals surface area contributed by atoms with E-state index in [0.29, 0.717) is 10.7 Å². The molecule has 1 N–H and O–H groups in total. The first kappa shape index (κ1) is 18.2. The molecule has 9 heteroatoms. The molecule has 1 aliphatic heterocycles. The molecule has 1 aliphatic rings. The minimum Gasteiger partial charge on any atom is -0.497 e. The zero-order valence-electron chi connectivity index (χ0n) is 15.2. The fraction of sp³-hybridized carbons (Fsp3) is 0.211. The summed E-state index contributed by atoms with van der Waals surface area (Å²) >= 11 is 1.26. The molecule has 1 atom stereocenters. The Morgan fingerprint density at radius 1 is 1.25 bits per heavy atom. The summed E-state index contributed by atoms with van der Waals surface area (Å²) in [6.07, 6.45) is 0. The lowest BCUT2D eigenvalue weighted by atomic mass is 9.99. The second-order valence-corrected chi connectivity index (χ2v) is 7.24. The van der Waals surface area contributed by atoms with E-state index in [1.54, 1.807) is 30.0 Å². The molecule has 0 bridgehead atoms. The number of hydrogen-bond acceptors (Lipinski definition) is 7. The molecule has 2 aromatic carbocycles. The van der Waals surface area contributed by atoms with Crippen molar-refractivity contribution in [2.24, 2.45) is 0 Å². The second kappa shape index (κ2) is 7.43. The van der Waals surface area contributed by atoms with E-state index < -0.39 is 0 Å². The van der Waals surface area contributed by atoms with E-state index in [1.807, 2.05) is 31.2 Å². The van der Waals surface area contributed by atoms with Crippen LogP contribution in [0.25, 0.3) is 5.69 Å². The number of ketones is 1. The SMILES string of the molecule is COc1ccc(-n2nnnc2SCC(=O)c2ccc3c(c2)[C@H](C)C(=O)N3)cc1. The third-order valence-electron chi connectivity index (χ3n) is 4.58. The van der Waals surface area contributed by atoms with Gasteiger partial charge in [-0.05, 0) is 65.4 Å². The maximum Gasteiger partial charge on any atom is 0.231 e. The van der Waals surface area contributed by atoms with Crippen molar-refractivity contribution in [1.82, 2.24) is 20.2 Å². The number of nitrogens with one attached hydrogen (secondary N) is 1. The number of aromatic nitrogens is 4. The van der Waals surface area contributed by atoms with E-state index in [2.05, 4.69) is 20.8 Å². The highest BCUT2D eigenvalue weighted by molar-refractivity contribution is 7.99. The molecule has 0 saturated heterocycles. The number of rotatable bonds is 6. The summed E-state index contributed by atoms with van der Waals surface area (Å²) in [4.78, 5) is 24.4. The van der Waals surface area contributed by atoms with Gasteiger partial charge in [0.15, 0.2) is 5.78 Å². The highest BCUT2D eigenvalue weighted by Gasteiger charge is 2.27. The van der Waals surface area contributed by atoms with Crippen molar-refractivity contribution in [3.05, 3.63) is 53.6 Å². The predicted molar refractivity (Wildman–Crippen MR) is 104 cm³/mol. The van der Waals surface area contributed by atoms with Crippen LogP contribution >= 0.6 is 11.8 Å². The molecule has 0 fully saturated rings. The molecule has 0 radical (unpaired) electrons. The van der Waals surface area contributed by atoms with Crippen LogP contribution in [0.15, 0.2) is 47.6 Å². The number of ether oxygens (including phenoxy) is 1. The average molecular weight is 395 g/mol. The zero-order valence-corrected chi connectivity index (χ0v) is 16.1. The van der Waals surface area contributed by atoms with Crippen molar-refractivity contribution in [3.63, 3.8) is 0 Å². The molecule has 8 nitrogen and oxygen atoms in total. The molecule has 0 spiro atoms. The van der Waals surface area contributed by atoms with Crippen LogP contribution < -0.4 is 10.1 Å². The van der Waals surface area contributed by atoms with Crippen LogP contribution in [0, 0.1) is 0 Å². The van der Waals surface area contributed by atoms with Crippen molar-refractivity contribution < 1.29 is 14.3 Å². The average Bonchev–Trinajstić information content (AvgIpc) is 3.30. The van der Waals surface area contributed by atoms with E-state index in [4.69, 9.17) is 4.74 Å². The smallest absolute Gasteiger partial charge is 0.231 e. The van der Waals surface area contributed by atoms with Gasteiger partial charge in [0.1, 0.15) is 5.75 Å². The number of thioether (sulfide) groups is 1. The zero-order chi connectivity index (χ0) is 19.7. The van der Waals surface area contributed by atoms with Crippen LogP contribution in [0.4, 0.5) is 5.69 Å². The normalized spacial score (nSPS) is 15.2. The second-order valence-electron chi connectivity index (χ2n) is 6.30. The Balaban J connectivity index is 1.48. The largest absolute Gasteiger partial charge is 0.497 e. The monoisotopic (exact) mass is 395 g/mol. The number of fused-ring (bicyclic) bond motifs is 1. The van der Waals surface area contributed by atoms with Crippen molar-refractivity contribution in [2.45, 2.75) is 18.0 Å². The van der Waals surface area contributed by atoms with Gasteiger partial charge in [0, 0.05) is 11.3 Å². The fourth-order valence-electron chi connectivity index (χ4n) is 2.96.